The largest absolute Gasteiger partial charge is 0.326 e. The highest BCUT2D eigenvalue weighted by atomic mass is 16.2. The number of nitrogens with one attached hydrogen (secondary N) is 1. The average Bonchev–Trinajstić information content (AvgIpc) is 3.43. The molecule has 6 nitrogen and oxygen atoms in total. The topological polar surface area (TPSA) is 79.4 Å². The maximum absolute atomic E-state index is 12.7. The van der Waals surface area contributed by atoms with Gasteiger partial charge in [0.1, 0.15) is 0 Å². The summed E-state index contributed by atoms with van der Waals surface area (Å²) in [5.41, 5.74) is 1.66. The molecule has 3 amide bonds. The first-order valence-electron chi connectivity index (χ1n) is 10.8. The summed E-state index contributed by atoms with van der Waals surface area (Å²) in [5, 5.41) is 3.92. The zero-order valence-corrected chi connectivity index (χ0v) is 16.8. The van der Waals surface area contributed by atoms with Gasteiger partial charge in [0, 0.05) is 30.2 Å². The summed E-state index contributed by atoms with van der Waals surface area (Å²) in [6, 6.07) is 9.51. The number of anilines is 1. The molecule has 2 heterocycles. The van der Waals surface area contributed by atoms with E-state index >= 15 is 0 Å². The highest BCUT2D eigenvalue weighted by Gasteiger charge is 2.58. The van der Waals surface area contributed by atoms with Gasteiger partial charge in [-0.3, -0.25) is 24.3 Å². The molecule has 1 aromatic heterocycles. The van der Waals surface area contributed by atoms with Crippen molar-refractivity contribution in [1.82, 2.24) is 9.88 Å². The molecule has 2 fully saturated rings. The van der Waals surface area contributed by atoms with Gasteiger partial charge in [0.25, 0.3) is 0 Å². The second-order valence-corrected chi connectivity index (χ2v) is 8.60. The number of carbonyl (C=O) groups is 3. The molecule has 1 saturated heterocycles. The first kappa shape index (κ1) is 19.0. The lowest BCUT2D eigenvalue weighted by Gasteiger charge is -2.17. The second-order valence-electron chi connectivity index (χ2n) is 8.60. The van der Waals surface area contributed by atoms with Crippen molar-refractivity contribution in [3.05, 3.63) is 48.7 Å². The van der Waals surface area contributed by atoms with E-state index in [0.29, 0.717) is 13.0 Å². The maximum Gasteiger partial charge on any atom is 0.233 e. The number of carbonyl (C=O) groups excluding carboxylic acids is 3. The van der Waals surface area contributed by atoms with Crippen molar-refractivity contribution >= 4 is 34.3 Å². The summed E-state index contributed by atoms with van der Waals surface area (Å²) in [6.07, 6.45) is 9.65. The number of hydrogen-bond donors (Lipinski definition) is 1. The van der Waals surface area contributed by atoms with Crippen molar-refractivity contribution in [3.8, 4) is 0 Å². The maximum atomic E-state index is 12.7. The molecule has 3 aliphatic rings. The third-order valence-electron chi connectivity index (χ3n) is 6.73. The van der Waals surface area contributed by atoms with Crippen LogP contribution in [-0.2, 0) is 14.4 Å². The minimum atomic E-state index is -0.115. The number of aromatic nitrogens is 1. The predicted octanol–water partition coefficient (Wildman–Crippen LogP) is 3.54. The third kappa shape index (κ3) is 3.30. The fraction of sp³-hybridized carbons (Fsp3) is 0.417. The fourth-order valence-electron chi connectivity index (χ4n) is 5.29. The van der Waals surface area contributed by atoms with E-state index in [0.717, 1.165) is 42.3 Å². The minimum absolute atomic E-state index is 0.0189. The van der Waals surface area contributed by atoms with Gasteiger partial charge in [-0.25, -0.2) is 0 Å². The van der Waals surface area contributed by atoms with Gasteiger partial charge < -0.3 is 5.32 Å². The van der Waals surface area contributed by atoms with Crippen LogP contribution in [0.4, 0.5) is 5.69 Å². The van der Waals surface area contributed by atoms with Crippen molar-refractivity contribution in [2.45, 2.75) is 32.1 Å². The van der Waals surface area contributed by atoms with Gasteiger partial charge >= 0.3 is 0 Å². The van der Waals surface area contributed by atoms with Crippen LogP contribution >= 0.6 is 0 Å². The molecule has 5 rings (SSSR count). The van der Waals surface area contributed by atoms with Crippen molar-refractivity contribution in [2.75, 3.05) is 11.9 Å². The number of imide groups is 1. The van der Waals surface area contributed by atoms with Crippen LogP contribution in [0.1, 0.15) is 32.1 Å². The van der Waals surface area contributed by atoms with Crippen LogP contribution in [0.5, 0.6) is 0 Å². The molecule has 1 aliphatic heterocycles. The highest BCUT2D eigenvalue weighted by molar-refractivity contribution is 6.06. The zero-order valence-electron chi connectivity index (χ0n) is 16.8. The minimum Gasteiger partial charge on any atom is -0.326 e. The molecule has 1 saturated carbocycles. The first-order valence-corrected chi connectivity index (χ1v) is 10.8. The molecular weight excluding hydrogens is 378 g/mol. The number of allylic oxidation sites excluding steroid dienone is 2. The number of unbranched alkanes of at least 4 members (excludes halogenated alkanes) is 2. The molecule has 0 spiro atoms. The number of rotatable bonds is 7. The molecule has 6 heteroatoms. The third-order valence-corrected chi connectivity index (χ3v) is 6.73. The molecule has 30 heavy (non-hydrogen) atoms. The Bertz CT molecular complexity index is 1020. The molecule has 0 radical (unpaired) electrons. The molecule has 0 unspecified atom stereocenters. The lowest BCUT2D eigenvalue weighted by Crippen LogP contribution is -2.33. The fourth-order valence-corrected chi connectivity index (χ4v) is 5.29. The summed E-state index contributed by atoms with van der Waals surface area (Å²) in [7, 11) is 0. The highest BCUT2D eigenvalue weighted by Crippen LogP contribution is 2.52. The summed E-state index contributed by atoms with van der Waals surface area (Å²) in [4.78, 5) is 43.3. The van der Waals surface area contributed by atoms with E-state index in [9.17, 15) is 14.4 Å². The Labute approximate surface area is 175 Å². The van der Waals surface area contributed by atoms with Crippen molar-refractivity contribution in [1.29, 1.82) is 0 Å². The lowest BCUT2D eigenvalue weighted by molar-refractivity contribution is -0.140. The van der Waals surface area contributed by atoms with Crippen LogP contribution in [0, 0.1) is 23.7 Å². The smallest absolute Gasteiger partial charge is 0.233 e. The number of benzene rings is 1. The average molecular weight is 403 g/mol. The van der Waals surface area contributed by atoms with Gasteiger partial charge in [-0.05, 0) is 55.4 Å². The molecule has 1 N–H and O–H groups in total. The molecule has 4 atom stereocenters. The van der Waals surface area contributed by atoms with Gasteiger partial charge in [-0.15, -0.1) is 0 Å². The van der Waals surface area contributed by atoms with Crippen LogP contribution in [0.25, 0.3) is 10.9 Å². The summed E-state index contributed by atoms with van der Waals surface area (Å²) in [5.74, 6) is 0.303. The van der Waals surface area contributed by atoms with E-state index in [-0.39, 0.29) is 41.4 Å². The Hall–Kier alpha value is -3.02. The standard InChI is InChI=1S/C24H25N3O3/c28-20(26-18-9-10-19-15(14-18)5-4-11-25-19)6-2-1-3-12-27-23(29)21-16-7-8-17(13-16)22(21)24(27)30/h4-5,7-11,14,16-17,21-22H,1-3,6,12-13H2,(H,26,28)/t16-,17-,21-,22+/m0/s1. The molecule has 2 aliphatic carbocycles. The predicted molar refractivity (Wildman–Crippen MR) is 113 cm³/mol. The number of hydrogen-bond acceptors (Lipinski definition) is 4. The number of likely N-dealkylation sites (tertiary alicyclic amines) is 1. The van der Waals surface area contributed by atoms with E-state index in [1.165, 1.54) is 4.90 Å². The molecule has 1 aromatic carbocycles. The first-order chi connectivity index (χ1) is 14.6. The van der Waals surface area contributed by atoms with Crippen LogP contribution in [-0.4, -0.2) is 34.2 Å². The zero-order chi connectivity index (χ0) is 20.7. The quantitative estimate of drug-likeness (QED) is 0.436. The number of fused-ring (bicyclic) bond motifs is 6. The summed E-state index contributed by atoms with van der Waals surface area (Å²) in [6.45, 7) is 0.476. The van der Waals surface area contributed by atoms with Crippen molar-refractivity contribution in [3.63, 3.8) is 0 Å². The molecule has 154 valence electrons. The SMILES string of the molecule is O=C(CCCCCN1C(=O)[C@@H]2[C@H](C1=O)[C@H]1C=C[C@H]2C1)Nc1ccc2ncccc2c1. The normalized spacial score (nSPS) is 26.6. The summed E-state index contributed by atoms with van der Waals surface area (Å²) >= 11 is 0. The van der Waals surface area contributed by atoms with E-state index < -0.39 is 0 Å². The van der Waals surface area contributed by atoms with Gasteiger partial charge in [-0.1, -0.05) is 24.6 Å². The van der Waals surface area contributed by atoms with E-state index in [1.807, 2.05) is 30.3 Å². The number of nitrogens with zero attached hydrogens (tertiary/aromatic N) is 2. The monoisotopic (exact) mass is 403 g/mol. The van der Waals surface area contributed by atoms with Crippen LogP contribution in [0.3, 0.4) is 0 Å². The van der Waals surface area contributed by atoms with Crippen molar-refractivity contribution in [2.24, 2.45) is 23.7 Å². The summed E-state index contributed by atoms with van der Waals surface area (Å²) < 4.78 is 0. The number of pyridine rings is 1. The molecular formula is C24H25N3O3. The van der Waals surface area contributed by atoms with Gasteiger partial charge in [0.2, 0.25) is 17.7 Å². The molecule has 2 aromatic rings. The van der Waals surface area contributed by atoms with Crippen LogP contribution < -0.4 is 5.32 Å². The van der Waals surface area contributed by atoms with Gasteiger partial charge in [-0.2, -0.15) is 0 Å². The Morgan fingerprint density at radius 3 is 2.57 bits per heavy atom. The van der Waals surface area contributed by atoms with Gasteiger partial charge in [0.15, 0.2) is 0 Å². The van der Waals surface area contributed by atoms with E-state index in [1.54, 1.807) is 6.20 Å². The number of amides is 3. The van der Waals surface area contributed by atoms with Crippen LogP contribution in [0.2, 0.25) is 0 Å². The Morgan fingerprint density at radius 1 is 1.03 bits per heavy atom. The van der Waals surface area contributed by atoms with E-state index in [2.05, 4.69) is 22.5 Å². The second kappa shape index (κ2) is 7.67. The van der Waals surface area contributed by atoms with Crippen LogP contribution in [0.15, 0.2) is 48.7 Å². The van der Waals surface area contributed by atoms with Crippen molar-refractivity contribution < 1.29 is 14.4 Å². The Balaban J connectivity index is 1.06. The van der Waals surface area contributed by atoms with E-state index in [4.69, 9.17) is 0 Å². The molecule has 2 bridgehead atoms. The Kier molecular flexibility index (Phi) is 4.85. The Morgan fingerprint density at radius 2 is 1.80 bits per heavy atom. The van der Waals surface area contributed by atoms with Gasteiger partial charge in [0.05, 0.1) is 17.4 Å². The lowest BCUT2D eigenvalue weighted by atomic mass is 9.85.